The van der Waals surface area contributed by atoms with Gasteiger partial charge in [0.15, 0.2) is 0 Å². The first kappa shape index (κ1) is 28.0. The summed E-state index contributed by atoms with van der Waals surface area (Å²) in [5, 5.41) is 4.37. The molecule has 1 aromatic heterocycles. The second-order valence-electron chi connectivity index (χ2n) is 10.2. The van der Waals surface area contributed by atoms with Crippen LogP contribution in [-0.2, 0) is 16.4 Å². The average Bonchev–Trinajstić information content (AvgIpc) is 3.00. The Morgan fingerprint density at radius 2 is 1.70 bits per heavy atom. The maximum Gasteiger partial charge on any atom is 0.243 e. The third-order valence-electron chi connectivity index (χ3n) is 7.53. The van der Waals surface area contributed by atoms with Crippen LogP contribution in [0.1, 0.15) is 44.1 Å². The molecule has 1 fully saturated rings. The van der Waals surface area contributed by atoms with Gasteiger partial charge in [-0.05, 0) is 61.7 Å². The molecule has 9 heteroatoms. The molecule has 0 unspecified atom stereocenters. The number of para-hydroxylation sites is 1. The summed E-state index contributed by atoms with van der Waals surface area (Å²) in [5.74, 6) is 2.18. The minimum Gasteiger partial charge on any atom is -0.497 e. The van der Waals surface area contributed by atoms with Gasteiger partial charge in [0.25, 0.3) is 0 Å². The summed E-state index contributed by atoms with van der Waals surface area (Å²) in [4.78, 5) is 12.4. The number of anilines is 2. The van der Waals surface area contributed by atoms with Gasteiger partial charge in [-0.15, -0.1) is 0 Å². The number of hydrogen-bond acceptors (Lipinski definition) is 7. The van der Waals surface area contributed by atoms with Crippen LogP contribution in [0.5, 0.6) is 5.75 Å². The Morgan fingerprint density at radius 3 is 2.42 bits per heavy atom. The Kier molecular flexibility index (Phi) is 8.63. The van der Waals surface area contributed by atoms with E-state index in [1.807, 2.05) is 60.7 Å². The third-order valence-corrected chi connectivity index (χ3v) is 9.44. The lowest BCUT2D eigenvalue weighted by atomic mass is 10.1. The van der Waals surface area contributed by atoms with E-state index in [-0.39, 0.29) is 6.04 Å². The molecule has 0 aliphatic carbocycles. The molecule has 0 spiro atoms. The zero-order chi connectivity index (χ0) is 28.1. The molecule has 40 heavy (non-hydrogen) atoms. The molecule has 8 nitrogen and oxygen atoms in total. The van der Waals surface area contributed by atoms with Crippen LogP contribution in [0.4, 0.5) is 11.5 Å². The van der Waals surface area contributed by atoms with E-state index in [1.165, 1.54) is 5.56 Å². The fourth-order valence-corrected chi connectivity index (χ4v) is 6.49. The van der Waals surface area contributed by atoms with Gasteiger partial charge in [-0.25, -0.2) is 18.4 Å². The molecule has 1 N–H and O–H groups in total. The molecule has 4 aromatic rings. The van der Waals surface area contributed by atoms with Crippen molar-refractivity contribution in [2.24, 2.45) is 0 Å². The summed E-state index contributed by atoms with van der Waals surface area (Å²) in [5.41, 5.74) is 2.91. The Labute approximate surface area is 237 Å². The average molecular weight is 560 g/mol. The number of benzene rings is 3. The SMILES string of the molecule is CCCCc1ccc(S(=O)(=O)N2CCN([C@@H](C)c3nc(Nc4cccc(OC)c4)c4ccccc4n3)CC2)cc1. The van der Waals surface area contributed by atoms with Crippen LogP contribution < -0.4 is 10.1 Å². The Morgan fingerprint density at radius 1 is 0.950 bits per heavy atom. The molecule has 1 saturated heterocycles. The number of aryl methyl sites for hydroxylation is 1. The Hall–Kier alpha value is -3.53. The molecule has 210 valence electrons. The summed E-state index contributed by atoms with van der Waals surface area (Å²) in [7, 11) is -1.89. The zero-order valence-electron chi connectivity index (χ0n) is 23.4. The number of nitrogens with one attached hydrogen (secondary N) is 1. The van der Waals surface area contributed by atoms with Crippen molar-refractivity contribution in [1.82, 2.24) is 19.2 Å². The number of hydrogen-bond donors (Lipinski definition) is 1. The van der Waals surface area contributed by atoms with Crippen molar-refractivity contribution >= 4 is 32.4 Å². The largest absolute Gasteiger partial charge is 0.497 e. The van der Waals surface area contributed by atoms with E-state index in [0.717, 1.165) is 47.4 Å². The molecule has 5 rings (SSSR count). The van der Waals surface area contributed by atoms with Gasteiger partial charge < -0.3 is 10.1 Å². The van der Waals surface area contributed by atoms with Crippen molar-refractivity contribution in [3.05, 3.63) is 84.2 Å². The first-order chi connectivity index (χ1) is 19.4. The van der Waals surface area contributed by atoms with Gasteiger partial charge in [0.1, 0.15) is 17.4 Å². The van der Waals surface area contributed by atoms with E-state index in [2.05, 4.69) is 24.1 Å². The maximum atomic E-state index is 13.3. The highest BCUT2D eigenvalue weighted by Gasteiger charge is 2.31. The van der Waals surface area contributed by atoms with Crippen molar-refractivity contribution in [3.8, 4) is 5.75 Å². The number of sulfonamides is 1. The molecule has 1 atom stereocenters. The highest BCUT2D eigenvalue weighted by molar-refractivity contribution is 7.89. The molecule has 1 aliphatic heterocycles. The van der Waals surface area contributed by atoms with Crippen molar-refractivity contribution in [2.45, 2.75) is 44.0 Å². The maximum absolute atomic E-state index is 13.3. The number of fused-ring (bicyclic) bond motifs is 1. The minimum absolute atomic E-state index is 0.0850. The first-order valence-electron chi connectivity index (χ1n) is 13.9. The van der Waals surface area contributed by atoms with Crippen molar-refractivity contribution in [2.75, 3.05) is 38.6 Å². The Bertz CT molecular complexity index is 1550. The fraction of sp³-hybridized carbons (Fsp3) is 0.355. The quantitative estimate of drug-likeness (QED) is 0.263. The molecule has 0 amide bonds. The summed E-state index contributed by atoms with van der Waals surface area (Å²) in [6, 6.07) is 23.0. The highest BCUT2D eigenvalue weighted by Crippen LogP contribution is 2.29. The summed E-state index contributed by atoms with van der Waals surface area (Å²) >= 11 is 0. The number of ether oxygens (including phenoxy) is 1. The van der Waals surface area contributed by atoms with Crippen LogP contribution in [0, 0.1) is 0 Å². The molecular formula is C31H37N5O3S. The van der Waals surface area contributed by atoms with E-state index < -0.39 is 10.0 Å². The van der Waals surface area contributed by atoms with Gasteiger partial charge in [0.05, 0.1) is 23.6 Å². The smallest absolute Gasteiger partial charge is 0.243 e. The van der Waals surface area contributed by atoms with Crippen molar-refractivity contribution in [1.29, 1.82) is 0 Å². The second-order valence-corrected chi connectivity index (χ2v) is 12.1. The van der Waals surface area contributed by atoms with Crippen LogP contribution in [0.2, 0.25) is 0 Å². The van der Waals surface area contributed by atoms with E-state index in [9.17, 15) is 8.42 Å². The summed E-state index contributed by atoms with van der Waals surface area (Å²) in [6.45, 7) is 6.29. The standard InChI is InChI=1S/C31H37N5O3S/c1-4-5-9-24-14-16-27(17-15-24)40(37,38)36-20-18-35(19-21-36)23(2)30-33-29-13-7-6-12-28(29)31(34-30)32-25-10-8-11-26(22-25)39-3/h6-8,10-17,22-23H,4-5,9,18-21H2,1-3H3,(H,32,33,34)/t23-/m0/s1. The van der Waals surface area contributed by atoms with Gasteiger partial charge in [0.2, 0.25) is 10.0 Å². The van der Waals surface area contributed by atoms with Gasteiger partial charge >= 0.3 is 0 Å². The molecule has 0 radical (unpaired) electrons. The van der Waals surface area contributed by atoms with Gasteiger partial charge in [-0.1, -0.05) is 43.7 Å². The minimum atomic E-state index is -3.53. The van der Waals surface area contributed by atoms with E-state index in [0.29, 0.717) is 36.9 Å². The van der Waals surface area contributed by atoms with E-state index >= 15 is 0 Å². The van der Waals surface area contributed by atoms with Gasteiger partial charge in [0, 0.05) is 43.3 Å². The van der Waals surface area contributed by atoms with Crippen LogP contribution in [0.3, 0.4) is 0 Å². The van der Waals surface area contributed by atoms with E-state index in [4.69, 9.17) is 14.7 Å². The lowest BCUT2D eigenvalue weighted by Gasteiger charge is -2.37. The summed E-state index contributed by atoms with van der Waals surface area (Å²) in [6.07, 6.45) is 3.19. The normalized spacial score (nSPS) is 15.7. The topological polar surface area (TPSA) is 87.7 Å². The monoisotopic (exact) mass is 559 g/mol. The Balaban J connectivity index is 1.31. The predicted molar refractivity (Wildman–Crippen MR) is 160 cm³/mol. The number of aromatic nitrogens is 2. The third kappa shape index (κ3) is 6.11. The van der Waals surface area contributed by atoms with Gasteiger partial charge in [-0.3, -0.25) is 4.90 Å². The molecule has 2 heterocycles. The molecule has 3 aromatic carbocycles. The van der Waals surface area contributed by atoms with Crippen molar-refractivity contribution in [3.63, 3.8) is 0 Å². The molecule has 0 bridgehead atoms. The zero-order valence-corrected chi connectivity index (χ0v) is 24.2. The molecular weight excluding hydrogens is 522 g/mol. The van der Waals surface area contributed by atoms with Crippen molar-refractivity contribution < 1.29 is 13.2 Å². The van der Waals surface area contributed by atoms with Gasteiger partial charge in [-0.2, -0.15) is 4.31 Å². The van der Waals surface area contributed by atoms with Crippen LogP contribution in [0.25, 0.3) is 10.9 Å². The second kappa shape index (κ2) is 12.3. The van der Waals surface area contributed by atoms with E-state index in [1.54, 1.807) is 23.5 Å². The number of nitrogens with zero attached hydrogens (tertiary/aromatic N) is 4. The lowest BCUT2D eigenvalue weighted by Crippen LogP contribution is -2.49. The van der Waals surface area contributed by atoms with Crippen LogP contribution in [0.15, 0.2) is 77.7 Å². The number of methoxy groups -OCH3 is 1. The molecule has 1 aliphatic rings. The fourth-order valence-electron chi connectivity index (χ4n) is 5.07. The van der Waals surface area contributed by atoms with Crippen LogP contribution >= 0.6 is 0 Å². The summed E-state index contributed by atoms with van der Waals surface area (Å²) < 4.78 is 33.6. The number of rotatable bonds is 10. The number of unbranched alkanes of at least 4 members (excludes halogenated alkanes) is 1. The molecule has 0 saturated carbocycles. The number of piperazine rings is 1. The highest BCUT2D eigenvalue weighted by atomic mass is 32.2. The first-order valence-corrected chi connectivity index (χ1v) is 15.3. The predicted octanol–water partition coefficient (Wildman–Crippen LogP) is 5.79. The lowest BCUT2D eigenvalue weighted by molar-refractivity contribution is 0.141. The van der Waals surface area contributed by atoms with Crippen LogP contribution in [-0.4, -0.2) is 60.9 Å².